The maximum Gasteiger partial charge on any atom is 0.266 e. The van der Waals surface area contributed by atoms with Gasteiger partial charge in [-0.1, -0.05) is 59.6 Å². The van der Waals surface area contributed by atoms with Crippen molar-refractivity contribution in [2.24, 2.45) is 0 Å². The molecule has 0 saturated heterocycles. The first-order chi connectivity index (χ1) is 13.5. The van der Waals surface area contributed by atoms with Crippen molar-refractivity contribution >= 4 is 57.2 Å². The normalized spacial score (nSPS) is 11.4. The molecular weight excluding hydrogens is 483 g/mol. The minimum absolute atomic E-state index is 0.139. The zero-order valence-corrected chi connectivity index (χ0v) is 18.0. The van der Waals surface area contributed by atoms with Crippen LogP contribution in [0.15, 0.2) is 71.5 Å². The Balaban J connectivity index is 1.97. The van der Waals surface area contributed by atoms with Crippen molar-refractivity contribution in [1.82, 2.24) is 9.55 Å². The van der Waals surface area contributed by atoms with E-state index in [1.54, 1.807) is 10.6 Å². The molecule has 3 nitrogen and oxygen atoms in total. The molecule has 4 rings (SSSR count). The summed E-state index contributed by atoms with van der Waals surface area (Å²) in [5.74, 6) is 0.535. The zero-order chi connectivity index (χ0) is 19.7. The van der Waals surface area contributed by atoms with Gasteiger partial charge in [0.1, 0.15) is 5.82 Å². The summed E-state index contributed by atoms with van der Waals surface area (Å²) < 4.78 is 2.56. The lowest BCUT2D eigenvalue weighted by molar-refractivity contribution is 0.944. The van der Waals surface area contributed by atoms with Crippen LogP contribution in [0.25, 0.3) is 28.7 Å². The summed E-state index contributed by atoms with van der Waals surface area (Å²) in [4.78, 5) is 18.1. The zero-order valence-electron chi connectivity index (χ0n) is 15.1. The minimum atomic E-state index is -0.139. The highest BCUT2D eigenvalue weighted by atomic mass is 127. The molecule has 0 aliphatic heterocycles. The number of rotatable bonds is 3. The number of nitrogens with zero attached hydrogens (tertiary/aromatic N) is 2. The monoisotopic (exact) mass is 498 g/mol. The largest absolute Gasteiger partial charge is 0.268 e. The smallest absolute Gasteiger partial charge is 0.266 e. The van der Waals surface area contributed by atoms with E-state index in [4.69, 9.17) is 16.6 Å². The number of para-hydroxylation sites is 1. The number of benzene rings is 3. The van der Waals surface area contributed by atoms with Gasteiger partial charge in [-0.05, 0) is 71.5 Å². The standard InChI is InChI=1S/C23H16ClIN2O/c1-15-6-8-16(9-7-15)10-13-22-26-20-12-11-17(25)14-18(20)23(28)27(22)21-5-3-2-4-19(21)24/h2-14H,1H3. The molecule has 1 heterocycles. The van der Waals surface area contributed by atoms with E-state index < -0.39 is 0 Å². The molecule has 0 spiro atoms. The van der Waals surface area contributed by atoms with E-state index in [0.29, 0.717) is 27.4 Å². The molecule has 138 valence electrons. The van der Waals surface area contributed by atoms with Crippen molar-refractivity contribution in [2.75, 3.05) is 0 Å². The molecule has 3 aromatic carbocycles. The molecule has 0 aliphatic rings. The predicted molar refractivity (Wildman–Crippen MR) is 125 cm³/mol. The highest BCUT2D eigenvalue weighted by molar-refractivity contribution is 14.1. The van der Waals surface area contributed by atoms with Crippen LogP contribution in [0.3, 0.4) is 0 Å². The lowest BCUT2D eigenvalue weighted by atomic mass is 10.1. The molecule has 1 aromatic heterocycles. The van der Waals surface area contributed by atoms with E-state index in [1.807, 2.05) is 60.7 Å². The molecule has 4 aromatic rings. The molecule has 0 unspecified atom stereocenters. The number of aromatic nitrogens is 2. The summed E-state index contributed by atoms with van der Waals surface area (Å²) in [7, 11) is 0. The second kappa shape index (κ2) is 7.89. The van der Waals surface area contributed by atoms with Crippen LogP contribution >= 0.6 is 34.2 Å². The van der Waals surface area contributed by atoms with Crippen molar-refractivity contribution in [3.05, 3.63) is 103 Å². The van der Waals surface area contributed by atoms with Crippen molar-refractivity contribution in [1.29, 1.82) is 0 Å². The molecule has 0 saturated carbocycles. The SMILES string of the molecule is Cc1ccc(C=Cc2nc3ccc(I)cc3c(=O)n2-c2ccccc2Cl)cc1. The van der Waals surface area contributed by atoms with Gasteiger partial charge in [0, 0.05) is 3.57 Å². The summed E-state index contributed by atoms with van der Waals surface area (Å²) in [6.07, 6.45) is 3.81. The molecule has 0 bridgehead atoms. The van der Waals surface area contributed by atoms with E-state index in [9.17, 15) is 4.79 Å². The first kappa shape index (κ1) is 18.9. The van der Waals surface area contributed by atoms with Gasteiger partial charge in [-0.15, -0.1) is 0 Å². The molecule has 0 atom stereocenters. The molecule has 0 amide bonds. The maximum atomic E-state index is 13.3. The second-order valence-electron chi connectivity index (χ2n) is 6.47. The molecule has 0 fully saturated rings. The number of hydrogen-bond donors (Lipinski definition) is 0. The van der Waals surface area contributed by atoms with Gasteiger partial charge in [0.2, 0.25) is 0 Å². The van der Waals surface area contributed by atoms with Gasteiger partial charge in [0.25, 0.3) is 5.56 Å². The van der Waals surface area contributed by atoms with E-state index in [1.165, 1.54) is 5.56 Å². The van der Waals surface area contributed by atoms with Crippen LogP contribution in [0, 0.1) is 10.5 Å². The first-order valence-corrected chi connectivity index (χ1v) is 10.2. The fraction of sp³-hybridized carbons (Fsp3) is 0.0435. The molecule has 0 aliphatic carbocycles. The third-order valence-corrected chi connectivity index (χ3v) is 5.44. The third kappa shape index (κ3) is 3.75. The average molecular weight is 499 g/mol. The number of halogens is 2. The Morgan fingerprint density at radius 3 is 2.50 bits per heavy atom. The Hall–Kier alpha value is -2.44. The van der Waals surface area contributed by atoms with Crippen LogP contribution in [0.1, 0.15) is 17.0 Å². The fourth-order valence-corrected chi connectivity index (χ4v) is 3.71. The van der Waals surface area contributed by atoms with E-state index in [2.05, 4.69) is 41.6 Å². The van der Waals surface area contributed by atoms with Gasteiger partial charge in [0.05, 0.1) is 21.6 Å². The van der Waals surface area contributed by atoms with Crippen LogP contribution in [0.2, 0.25) is 5.02 Å². The van der Waals surface area contributed by atoms with Crippen molar-refractivity contribution in [3.8, 4) is 5.69 Å². The first-order valence-electron chi connectivity index (χ1n) is 8.75. The minimum Gasteiger partial charge on any atom is -0.268 e. The number of hydrogen-bond acceptors (Lipinski definition) is 2. The van der Waals surface area contributed by atoms with Gasteiger partial charge in [-0.2, -0.15) is 0 Å². The van der Waals surface area contributed by atoms with Crippen molar-refractivity contribution < 1.29 is 0 Å². The van der Waals surface area contributed by atoms with Crippen LogP contribution in [0.4, 0.5) is 0 Å². The Kier molecular flexibility index (Phi) is 5.33. The highest BCUT2D eigenvalue weighted by Gasteiger charge is 2.13. The average Bonchev–Trinajstić information content (AvgIpc) is 2.69. The van der Waals surface area contributed by atoms with Gasteiger partial charge in [0.15, 0.2) is 0 Å². The summed E-state index contributed by atoms with van der Waals surface area (Å²) >= 11 is 8.60. The molecule has 5 heteroatoms. The van der Waals surface area contributed by atoms with Crippen LogP contribution < -0.4 is 5.56 Å². The Morgan fingerprint density at radius 1 is 1.00 bits per heavy atom. The lowest BCUT2D eigenvalue weighted by Crippen LogP contribution is -2.22. The van der Waals surface area contributed by atoms with E-state index in [-0.39, 0.29) is 5.56 Å². The maximum absolute atomic E-state index is 13.3. The molecule has 0 radical (unpaired) electrons. The van der Waals surface area contributed by atoms with Crippen molar-refractivity contribution in [3.63, 3.8) is 0 Å². The number of aryl methyl sites for hydroxylation is 1. The Labute approximate surface area is 181 Å². The predicted octanol–water partition coefficient (Wildman–Crippen LogP) is 6.12. The van der Waals surface area contributed by atoms with Crippen LogP contribution in [0.5, 0.6) is 0 Å². The molecule has 28 heavy (non-hydrogen) atoms. The summed E-state index contributed by atoms with van der Waals surface area (Å²) in [5, 5.41) is 1.07. The number of fused-ring (bicyclic) bond motifs is 1. The van der Waals surface area contributed by atoms with Gasteiger partial charge >= 0.3 is 0 Å². The highest BCUT2D eigenvalue weighted by Crippen LogP contribution is 2.22. The summed E-state index contributed by atoms with van der Waals surface area (Å²) in [6, 6.07) is 21.2. The Bertz CT molecular complexity index is 1260. The van der Waals surface area contributed by atoms with Crippen LogP contribution in [-0.2, 0) is 0 Å². The van der Waals surface area contributed by atoms with Gasteiger partial charge in [-0.3, -0.25) is 9.36 Å². The van der Waals surface area contributed by atoms with E-state index in [0.717, 1.165) is 9.13 Å². The van der Waals surface area contributed by atoms with Crippen LogP contribution in [-0.4, -0.2) is 9.55 Å². The molecule has 0 N–H and O–H groups in total. The van der Waals surface area contributed by atoms with Crippen molar-refractivity contribution in [2.45, 2.75) is 6.92 Å². The van der Waals surface area contributed by atoms with Gasteiger partial charge < -0.3 is 0 Å². The quantitative estimate of drug-likeness (QED) is 0.319. The Morgan fingerprint density at radius 2 is 1.75 bits per heavy atom. The van der Waals surface area contributed by atoms with E-state index >= 15 is 0 Å². The second-order valence-corrected chi connectivity index (χ2v) is 8.12. The molecular formula is C23H16ClIN2O. The summed E-state index contributed by atoms with van der Waals surface area (Å²) in [5.41, 5.74) is 3.38. The topological polar surface area (TPSA) is 34.9 Å². The fourth-order valence-electron chi connectivity index (χ4n) is 3.00. The lowest BCUT2D eigenvalue weighted by Gasteiger charge is -2.13. The summed E-state index contributed by atoms with van der Waals surface area (Å²) in [6.45, 7) is 2.05. The third-order valence-electron chi connectivity index (χ3n) is 4.45. The van der Waals surface area contributed by atoms with Gasteiger partial charge in [-0.25, -0.2) is 4.98 Å².